The fourth-order valence-electron chi connectivity index (χ4n) is 2.46. The smallest absolute Gasteiger partial charge is 0.270 e. The second-order valence-corrected chi connectivity index (χ2v) is 6.15. The number of nitrogens with one attached hydrogen (secondary N) is 1. The van der Waals surface area contributed by atoms with Crippen LogP contribution < -0.4 is 5.32 Å². The standard InChI is InChI=1S/C13H17IN2O3/c14-12-7-10(16(18)19)4-5-13(12)15-8-9-2-1-3-11(17)6-9/h4-5,7,9,11,15,17H,1-3,6,8H2. The summed E-state index contributed by atoms with van der Waals surface area (Å²) in [4.78, 5) is 10.3. The summed E-state index contributed by atoms with van der Waals surface area (Å²) in [5.74, 6) is 0.481. The quantitative estimate of drug-likeness (QED) is 0.481. The molecule has 1 aromatic carbocycles. The van der Waals surface area contributed by atoms with E-state index in [1.165, 1.54) is 6.07 Å². The van der Waals surface area contributed by atoms with Crippen LogP contribution in [0, 0.1) is 19.6 Å². The van der Waals surface area contributed by atoms with Gasteiger partial charge in [0.05, 0.1) is 11.0 Å². The SMILES string of the molecule is O=[N+]([O-])c1ccc(NCC2CCCC(O)C2)c(I)c1. The van der Waals surface area contributed by atoms with Crippen LogP contribution in [0.15, 0.2) is 18.2 Å². The van der Waals surface area contributed by atoms with Gasteiger partial charge in [-0.3, -0.25) is 10.1 Å². The number of hydrogen-bond donors (Lipinski definition) is 2. The topological polar surface area (TPSA) is 75.4 Å². The van der Waals surface area contributed by atoms with Crippen LogP contribution in [-0.4, -0.2) is 22.7 Å². The number of nitro groups is 1. The normalized spacial score (nSPS) is 23.1. The van der Waals surface area contributed by atoms with Crippen LogP contribution in [-0.2, 0) is 0 Å². The molecule has 0 spiro atoms. The monoisotopic (exact) mass is 376 g/mol. The number of non-ortho nitro benzene ring substituents is 1. The predicted molar refractivity (Wildman–Crippen MR) is 82.3 cm³/mol. The number of aliphatic hydroxyl groups is 1. The number of benzene rings is 1. The van der Waals surface area contributed by atoms with Gasteiger partial charge in [-0.05, 0) is 53.8 Å². The zero-order chi connectivity index (χ0) is 13.8. The van der Waals surface area contributed by atoms with E-state index in [4.69, 9.17) is 0 Å². The summed E-state index contributed by atoms with van der Waals surface area (Å²) in [5.41, 5.74) is 1.04. The molecule has 2 atom stereocenters. The molecule has 0 aromatic heterocycles. The van der Waals surface area contributed by atoms with Crippen LogP contribution in [0.4, 0.5) is 11.4 Å². The highest BCUT2D eigenvalue weighted by atomic mass is 127. The second-order valence-electron chi connectivity index (χ2n) is 4.99. The summed E-state index contributed by atoms with van der Waals surface area (Å²) in [7, 11) is 0. The van der Waals surface area contributed by atoms with Gasteiger partial charge in [-0.2, -0.15) is 0 Å². The van der Waals surface area contributed by atoms with Crippen molar-refractivity contribution in [1.82, 2.24) is 0 Å². The molecule has 0 saturated heterocycles. The average molecular weight is 376 g/mol. The van der Waals surface area contributed by atoms with E-state index in [1.54, 1.807) is 12.1 Å². The highest BCUT2D eigenvalue weighted by molar-refractivity contribution is 14.1. The Hall–Kier alpha value is -0.890. The van der Waals surface area contributed by atoms with Crippen molar-refractivity contribution in [2.75, 3.05) is 11.9 Å². The molecule has 104 valence electrons. The van der Waals surface area contributed by atoms with Crippen LogP contribution in [0.2, 0.25) is 0 Å². The lowest BCUT2D eigenvalue weighted by Gasteiger charge is -2.26. The molecule has 1 aliphatic rings. The Morgan fingerprint density at radius 2 is 2.26 bits per heavy atom. The summed E-state index contributed by atoms with van der Waals surface area (Å²) in [6, 6.07) is 4.83. The van der Waals surface area contributed by atoms with Crippen LogP contribution in [0.25, 0.3) is 0 Å². The van der Waals surface area contributed by atoms with Crippen LogP contribution in [0.5, 0.6) is 0 Å². The first-order chi connectivity index (χ1) is 9.06. The molecule has 2 rings (SSSR count). The third-order valence-electron chi connectivity index (χ3n) is 3.50. The van der Waals surface area contributed by atoms with Gasteiger partial charge in [0.1, 0.15) is 0 Å². The molecular weight excluding hydrogens is 359 g/mol. The fourth-order valence-corrected chi connectivity index (χ4v) is 3.15. The summed E-state index contributed by atoms with van der Waals surface area (Å²) in [6.45, 7) is 0.810. The van der Waals surface area contributed by atoms with E-state index < -0.39 is 0 Å². The lowest BCUT2D eigenvalue weighted by atomic mass is 9.87. The third kappa shape index (κ3) is 4.04. The van der Waals surface area contributed by atoms with Crippen molar-refractivity contribution in [2.45, 2.75) is 31.8 Å². The van der Waals surface area contributed by atoms with Crippen molar-refractivity contribution >= 4 is 34.0 Å². The van der Waals surface area contributed by atoms with Crippen LogP contribution >= 0.6 is 22.6 Å². The number of nitrogens with zero attached hydrogens (tertiary/aromatic N) is 1. The molecule has 5 nitrogen and oxygen atoms in total. The lowest BCUT2D eigenvalue weighted by Crippen LogP contribution is -2.25. The first-order valence-corrected chi connectivity index (χ1v) is 7.50. The number of hydrogen-bond acceptors (Lipinski definition) is 4. The number of nitro benzene ring substituents is 1. The van der Waals surface area contributed by atoms with E-state index in [9.17, 15) is 15.2 Å². The summed E-state index contributed by atoms with van der Waals surface area (Å²) in [6.07, 6.45) is 3.79. The molecule has 2 unspecified atom stereocenters. The number of anilines is 1. The minimum absolute atomic E-state index is 0.114. The maximum Gasteiger partial charge on any atom is 0.270 e. The van der Waals surface area contributed by atoms with Gasteiger partial charge < -0.3 is 10.4 Å². The maximum atomic E-state index is 10.7. The Morgan fingerprint density at radius 3 is 2.89 bits per heavy atom. The van der Waals surface area contributed by atoms with Crippen molar-refractivity contribution in [2.24, 2.45) is 5.92 Å². The minimum atomic E-state index is -0.385. The molecule has 0 heterocycles. The Balaban J connectivity index is 1.94. The molecule has 0 bridgehead atoms. The molecule has 6 heteroatoms. The van der Waals surface area contributed by atoms with Crippen molar-refractivity contribution in [3.05, 3.63) is 31.9 Å². The molecule has 19 heavy (non-hydrogen) atoms. The number of halogens is 1. The molecule has 1 aromatic rings. The molecule has 0 aliphatic heterocycles. The maximum absolute atomic E-state index is 10.7. The van der Waals surface area contributed by atoms with Crippen molar-refractivity contribution in [1.29, 1.82) is 0 Å². The van der Waals surface area contributed by atoms with Crippen molar-refractivity contribution in [3.8, 4) is 0 Å². The fraction of sp³-hybridized carbons (Fsp3) is 0.538. The van der Waals surface area contributed by atoms with Crippen molar-refractivity contribution < 1.29 is 10.0 Å². The lowest BCUT2D eigenvalue weighted by molar-refractivity contribution is -0.384. The van der Waals surface area contributed by atoms with E-state index in [0.29, 0.717) is 5.92 Å². The molecule has 1 aliphatic carbocycles. The Morgan fingerprint density at radius 1 is 1.47 bits per heavy atom. The van der Waals surface area contributed by atoms with Gasteiger partial charge in [0.2, 0.25) is 0 Å². The van der Waals surface area contributed by atoms with Crippen LogP contribution in [0.3, 0.4) is 0 Å². The highest BCUT2D eigenvalue weighted by Crippen LogP contribution is 2.27. The summed E-state index contributed by atoms with van der Waals surface area (Å²) < 4.78 is 0.850. The molecule has 0 amide bonds. The zero-order valence-corrected chi connectivity index (χ0v) is 12.7. The van der Waals surface area contributed by atoms with Gasteiger partial charge in [0, 0.05) is 27.9 Å². The van der Waals surface area contributed by atoms with Gasteiger partial charge in [0.15, 0.2) is 0 Å². The van der Waals surface area contributed by atoms with Gasteiger partial charge in [0.25, 0.3) is 5.69 Å². The van der Waals surface area contributed by atoms with E-state index >= 15 is 0 Å². The molecule has 1 fully saturated rings. The van der Waals surface area contributed by atoms with Gasteiger partial charge >= 0.3 is 0 Å². The van der Waals surface area contributed by atoms with Gasteiger partial charge in [-0.1, -0.05) is 6.42 Å². The van der Waals surface area contributed by atoms with Crippen molar-refractivity contribution in [3.63, 3.8) is 0 Å². The third-order valence-corrected chi connectivity index (χ3v) is 4.39. The van der Waals surface area contributed by atoms with E-state index in [1.807, 2.05) is 0 Å². The highest BCUT2D eigenvalue weighted by Gasteiger charge is 2.20. The molecule has 2 N–H and O–H groups in total. The van der Waals surface area contributed by atoms with E-state index in [-0.39, 0.29) is 16.7 Å². The molecule has 0 radical (unpaired) electrons. The number of aliphatic hydroxyl groups excluding tert-OH is 1. The van der Waals surface area contributed by atoms with Crippen LogP contribution in [0.1, 0.15) is 25.7 Å². The molecule has 1 saturated carbocycles. The minimum Gasteiger partial charge on any atom is -0.393 e. The van der Waals surface area contributed by atoms with Gasteiger partial charge in [-0.25, -0.2) is 0 Å². The second kappa shape index (κ2) is 6.51. The van der Waals surface area contributed by atoms with E-state index in [0.717, 1.165) is 41.5 Å². The van der Waals surface area contributed by atoms with E-state index in [2.05, 4.69) is 27.9 Å². The largest absolute Gasteiger partial charge is 0.393 e. The van der Waals surface area contributed by atoms with Gasteiger partial charge in [-0.15, -0.1) is 0 Å². The Kier molecular flexibility index (Phi) is 4.98. The number of rotatable bonds is 4. The molecular formula is C13H17IN2O3. The summed E-state index contributed by atoms with van der Waals surface area (Å²) >= 11 is 2.10. The Bertz CT molecular complexity index is 467. The predicted octanol–water partition coefficient (Wildman–Crippen LogP) is 3.16. The summed E-state index contributed by atoms with van der Waals surface area (Å²) in [5, 5.41) is 23.6. The Labute approximate surface area is 125 Å². The zero-order valence-electron chi connectivity index (χ0n) is 10.5. The first-order valence-electron chi connectivity index (χ1n) is 6.42. The first kappa shape index (κ1) is 14.5. The average Bonchev–Trinajstić information content (AvgIpc) is 2.37.